The van der Waals surface area contributed by atoms with Crippen molar-refractivity contribution < 1.29 is 9.18 Å². The molecule has 0 atom stereocenters. The van der Waals surface area contributed by atoms with Crippen molar-refractivity contribution in [1.82, 2.24) is 15.3 Å². The Morgan fingerprint density at radius 2 is 2.04 bits per heavy atom. The molecule has 0 spiro atoms. The molecule has 0 saturated heterocycles. The summed E-state index contributed by atoms with van der Waals surface area (Å²) in [5.74, 6) is 0.567. The van der Waals surface area contributed by atoms with Crippen molar-refractivity contribution in [1.29, 1.82) is 0 Å². The number of nitrogens with one attached hydrogen (secondary N) is 2. The van der Waals surface area contributed by atoms with Crippen molar-refractivity contribution in [3.05, 3.63) is 65.9 Å². The van der Waals surface area contributed by atoms with E-state index in [-0.39, 0.29) is 11.7 Å². The molecular formula is C17H19FN4O. The minimum Gasteiger partial charge on any atom is -0.366 e. The molecule has 23 heavy (non-hydrogen) atoms. The van der Waals surface area contributed by atoms with Gasteiger partial charge in [0, 0.05) is 19.2 Å². The third-order valence-corrected chi connectivity index (χ3v) is 3.11. The van der Waals surface area contributed by atoms with Crippen molar-refractivity contribution >= 4 is 11.7 Å². The molecule has 5 nitrogen and oxygen atoms in total. The molecule has 1 amide bonds. The molecule has 1 aromatic heterocycles. The van der Waals surface area contributed by atoms with Crippen LogP contribution in [0.2, 0.25) is 0 Å². The summed E-state index contributed by atoms with van der Waals surface area (Å²) in [6, 6.07) is 7.82. The Bertz CT molecular complexity index is 685. The van der Waals surface area contributed by atoms with Gasteiger partial charge >= 0.3 is 0 Å². The second kappa shape index (κ2) is 8.03. The van der Waals surface area contributed by atoms with Crippen molar-refractivity contribution in [2.24, 2.45) is 0 Å². The van der Waals surface area contributed by atoms with Crippen LogP contribution < -0.4 is 10.6 Å². The number of anilines is 1. The number of amides is 1. The average molecular weight is 314 g/mol. The lowest BCUT2D eigenvalue weighted by Crippen LogP contribution is -2.27. The number of carbonyl (C=O) groups excluding carboxylic acids is 1. The summed E-state index contributed by atoms with van der Waals surface area (Å²) in [6.45, 7) is 6.36. The SMILES string of the molecule is C=CCNc1cc(C(=O)NCCc2ccc(F)cc2)nc(C)n1. The summed E-state index contributed by atoms with van der Waals surface area (Å²) in [5, 5.41) is 5.83. The molecule has 0 fully saturated rings. The van der Waals surface area contributed by atoms with Crippen molar-refractivity contribution in [2.45, 2.75) is 13.3 Å². The van der Waals surface area contributed by atoms with Gasteiger partial charge in [0.15, 0.2) is 0 Å². The lowest BCUT2D eigenvalue weighted by Gasteiger charge is -2.08. The molecule has 0 radical (unpaired) electrons. The van der Waals surface area contributed by atoms with Gasteiger partial charge in [-0.05, 0) is 31.0 Å². The smallest absolute Gasteiger partial charge is 0.270 e. The van der Waals surface area contributed by atoms with E-state index in [0.717, 1.165) is 5.56 Å². The molecular weight excluding hydrogens is 295 g/mol. The van der Waals surface area contributed by atoms with Gasteiger partial charge in [0.2, 0.25) is 0 Å². The molecule has 2 rings (SSSR count). The molecule has 120 valence electrons. The summed E-state index contributed by atoms with van der Waals surface area (Å²) < 4.78 is 12.8. The number of carbonyl (C=O) groups is 1. The molecule has 6 heteroatoms. The van der Waals surface area contributed by atoms with E-state index in [0.29, 0.717) is 36.8 Å². The Morgan fingerprint density at radius 1 is 1.30 bits per heavy atom. The summed E-state index contributed by atoms with van der Waals surface area (Å²) in [4.78, 5) is 20.5. The highest BCUT2D eigenvalue weighted by atomic mass is 19.1. The second-order valence-electron chi connectivity index (χ2n) is 4.99. The van der Waals surface area contributed by atoms with Gasteiger partial charge in [-0.3, -0.25) is 4.79 Å². The van der Waals surface area contributed by atoms with Crippen LogP contribution in [0.3, 0.4) is 0 Å². The highest BCUT2D eigenvalue weighted by Crippen LogP contribution is 2.07. The van der Waals surface area contributed by atoms with Crippen LogP contribution in [-0.4, -0.2) is 29.0 Å². The Kier molecular flexibility index (Phi) is 5.80. The average Bonchev–Trinajstić information content (AvgIpc) is 2.54. The van der Waals surface area contributed by atoms with E-state index in [1.165, 1.54) is 12.1 Å². The van der Waals surface area contributed by atoms with Crippen molar-refractivity contribution in [3.63, 3.8) is 0 Å². The van der Waals surface area contributed by atoms with E-state index in [9.17, 15) is 9.18 Å². The normalized spacial score (nSPS) is 10.2. The number of nitrogens with zero attached hydrogens (tertiary/aromatic N) is 2. The fraction of sp³-hybridized carbons (Fsp3) is 0.235. The standard InChI is InChI=1S/C17H19FN4O/c1-3-9-19-16-11-15(21-12(2)22-16)17(23)20-10-8-13-4-6-14(18)7-5-13/h3-7,11H,1,8-10H2,2H3,(H,20,23)(H,19,21,22). The van der Waals surface area contributed by atoms with Crippen LogP contribution in [0, 0.1) is 12.7 Å². The van der Waals surface area contributed by atoms with E-state index in [4.69, 9.17) is 0 Å². The Labute approximate surface area is 134 Å². The Balaban J connectivity index is 1.93. The monoisotopic (exact) mass is 314 g/mol. The molecule has 0 bridgehead atoms. The Hall–Kier alpha value is -2.76. The number of aryl methyl sites for hydroxylation is 1. The minimum absolute atomic E-state index is 0.265. The van der Waals surface area contributed by atoms with Crippen LogP contribution in [0.1, 0.15) is 21.9 Å². The van der Waals surface area contributed by atoms with Crippen LogP contribution in [0.15, 0.2) is 43.0 Å². The maximum absolute atomic E-state index is 12.8. The molecule has 2 N–H and O–H groups in total. The van der Waals surface area contributed by atoms with Crippen LogP contribution in [0.25, 0.3) is 0 Å². The van der Waals surface area contributed by atoms with Gasteiger partial charge in [0.1, 0.15) is 23.2 Å². The maximum Gasteiger partial charge on any atom is 0.270 e. The van der Waals surface area contributed by atoms with Gasteiger partial charge in [-0.25, -0.2) is 14.4 Å². The summed E-state index contributed by atoms with van der Waals surface area (Å²) >= 11 is 0. The van der Waals surface area contributed by atoms with Gasteiger partial charge < -0.3 is 10.6 Å². The predicted molar refractivity (Wildman–Crippen MR) is 87.9 cm³/mol. The zero-order valence-corrected chi connectivity index (χ0v) is 13.0. The number of hydrogen-bond donors (Lipinski definition) is 2. The van der Waals surface area contributed by atoms with Gasteiger partial charge in [-0.15, -0.1) is 6.58 Å². The lowest BCUT2D eigenvalue weighted by molar-refractivity contribution is 0.0949. The number of rotatable bonds is 7. The van der Waals surface area contributed by atoms with Gasteiger partial charge in [0.05, 0.1) is 0 Å². The summed E-state index contributed by atoms with van der Waals surface area (Å²) in [7, 11) is 0. The van der Waals surface area contributed by atoms with Crippen LogP contribution in [0.4, 0.5) is 10.2 Å². The largest absolute Gasteiger partial charge is 0.366 e. The minimum atomic E-state index is -0.270. The van der Waals surface area contributed by atoms with Crippen molar-refractivity contribution in [2.75, 3.05) is 18.4 Å². The predicted octanol–water partition coefficient (Wildman–Crippen LogP) is 2.49. The quantitative estimate of drug-likeness (QED) is 0.771. The van der Waals surface area contributed by atoms with Gasteiger partial charge in [-0.1, -0.05) is 18.2 Å². The Morgan fingerprint density at radius 3 is 2.74 bits per heavy atom. The molecule has 0 aliphatic carbocycles. The first kappa shape index (κ1) is 16.6. The van der Waals surface area contributed by atoms with E-state index in [2.05, 4.69) is 27.2 Å². The van der Waals surface area contributed by atoms with Crippen LogP contribution in [-0.2, 0) is 6.42 Å². The first-order valence-electron chi connectivity index (χ1n) is 7.31. The fourth-order valence-corrected chi connectivity index (χ4v) is 2.01. The third kappa shape index (κ3) is 5.18. The first-order chi connectivity index (χ1) is 11.1. The fourth-order valence-electron chi connectivity index (χ4n) is 2.01. The second-order valence-corrected chi connectivity index (χ2v) is 4.99. The molecule has 0 aliphatic heterocycles. The van der Waals surface area contributed by atoms with E-state index in [1.54, 1.807) is 31.2 Å². The number of benzene rings is 1. The molecule has 2 aromatic rings. The van der Waals surface area contributed by atoms with Crippen molar-refractivity contribution in [3.8, 4) is 0 Å². The van der Waals surface area contributed by atoms with Crippen LogP contribution >= 0.6 is 0 Å². The van der Waals surface area contributed by atoms with E-state index in [1.807, 2.05) is 0 Å². The van der Waals surface area contributed by atoms with Crippen LogP contribution in [0.5, 0.6) is 0 Å². The highest BCUT2D eigenvalue weighted by Gasteiger charge is 2.10. The zero-order chi connectivity index (χ0) is 16.7. The molecule has 0 unspecified atom stereocenters. The molecule has 1 heterocycles. The van der Waals surface area contributed by atoms with Gasteiger partial charge in [-0.2, -0.15) is 0 Å². The lowest BCUT2D eigenvalue weighted by atomic mass is 10.1. The third-order valence-electron chi connectivity index (χ3n) is 3.11. The van der Waals surface area contributed by atoms with E-state index < -0.39 is 0 Å². The summed E-state index contributed by atoms with van der Waals surface area (Å²) in [5.41, 5.74) is 1.27. The molecule has 0 aliphatic rings. The highest BCUT2D eigenvalue weighted by molar-refractivity contribution is 5.92. The summed E-state index contributed by atoms with van der Waals surface area (Å²) in [6.07, 6.45) is 2.33. The maximum atomic E-state index is 12.8. The number of aromatic nitrogens is 2. The first-order valence-corrected chi connectivity index (χ1v) is 7.31. The van der Waals surface area contributed by atoms with Gasteiger partial charge in [0.25, 0.3) is 5.91 Å². The van der Waals surface area contributed by atoms with E-state index >= 15 is 0 Å². The topological polar surface area (TPSA) is 66.9 Å². The number of hydrogen-bond acceptors (Lipinski definition) is 4. The molecule has 0 saturated carbocycles. The zero-order valence-electron chi connectivity index (χ0n) is 13.0. The number of halogens is 1. The molecule has 1 aromatic carbocycles.